The minimum Gasteiger partial charge on any atom is -0.267 e. The fourth-order valence-corrected chi connectivity index (χ4v) is 2.40. The van der Waals surface area contributed by atoms with E-state index in [4.69, 9.17) is 0 Å². The highest BCUT2D eigenvalue weighted by atomic mass is 16.2. The third-order valence-corrected chi connectivity index (χ3v) is 3.57. The maximum absolute atomic E-state index is 11.8. The zero-order chi connectivity index (χ0) is 12.8. The lowest BCUT2D eigenvalue weighted by atomic mass is 9.86. The van der Waals surface area contributed by atoms with Gasteiger partial charge in [-0.3, -0.25) is 4.79 Å². The highest BCUT2D eigenvalue weighted by Crippen LogP contribution is 2.24. The Morgan fingerprint density at radius 3 is 2.50 bits per heavy atom. The number of hydrogen-bond acceptors (Lipinski definition) is 2. The first-order valence-electron chi connectivity index (χ1n) is 6.67. The number of nitrogens with zero attached hydrogens (tertiary/aromatic N) is 1. The van der Waals surface area contributed by atoms with Gasteiger partial charge in [-0.05, 0) is 37.8 Å². The molecule has 1 aromatic rings. The van der Waals surface area contributed by atoms with E-state index in [2.05, 4.69) is 10.5 Å². The summed E-state index contributed by atoms with van der Waals surface area (Å²) in [7, 11) is 0. The van der Waals surface area contributed by atoms with E-state index in [1.54, 1.807) is 12.1 Å². The van der Waals surface area contributed by atoms with Gasteiger partial charge in [-0.15, -0.1) is 0 Å². The van der Waals surface area contributed by atoms with Crippen LogP contribution in [0.15, 0.2) is 35.4 Å². The van der Waals surface area contributed by atoms with Crippen molar-refractivity contribution in [2.24, 2.45) is 11.0 Å². The molecule has 0 aromatic heterocycles. The molecule has 0 heterocycles. The Bertz CT molecular complexity index is 419. The Balaban J connectivity index is 1.91. The summed E-state index contributed by atoms with van der Waals surface area (Å²) in [6.45, 7) is 2.02. The molecule has 3 nitrogen and oxygen atoms in total. The Labute approximate surface area is 108 Å². The van der Waals surface area contributed by atoms with E-state index in [1.807, 2.05) is 25.1 Å². The molecule has 1 amide bonds. The van der Waals surface area contributed by atoms with Crippen molar-refractivity contribution in [1.29, 1.82) is 0 Å². The normalized spacial score (nSPS) is 17.5. The van der Waals surface area contributed by atoms with E-state index in [9.17, 15) is 4.79 Å². The number of hydrazone groups is 1. The highest BCUT2D eigenvalue weighted by molar-refractivity contribution is 5.95. The largest absolute Gasteiger partial charge is 0.271 e. The minimum absolute atomic E-state index is 0.134. The number of benzene rings is 1. The predicted molar refractivity (Wildman–Crippen MR) is 73.6 cm³/mol. The molecule has 3 heteroatoms. The monoisotopic (exact) mass is 244 g/mol. The molecule has 18 heavy (non-hydrogen) atoms. The number of rotatable bonds is 3. The second kappa shape index (κ2) is 6.34. The van der Waals surface area contributed by atoms with Gasteiger partial charge in [-0.2, -0.15) is 5.10 Å². The number of hydrogen-bond donors (Lipinski definition) is 1. The zero-order valence-electron chi connectivity index (χ0n) is 10.9. The van der Waals surface area contributed by atoms with Crippen LogP contribution in [0.4, 0.5) is 0 Å². The Hall–Kier alpha value is -1.64. The van der Waals surface area contributed by atoms with E-state index in [0.717, 1.165) is 5.71 Å². The van der Waals surface area contributed by atoms with Crippen LogP contribution in [0.3, 0.4) is 0 Å². The summed E-state index contributed by atoms with van der Waals surface area (Å²) in [6, 6.07) is 9.19. The summed E-state index contributed by atoms with van der Waals surface area (Å²) in [5.74, 6) is 0.417. The molecule has 1 N–H and O–H groups in total. The van der Waals surface area contributed by atoms with Crippen LogP contribution in [0.1, 0.15) is 49.4 Å². The Morgan fingerprint density at radius 1 is 1.17 bits per heavy atom. The molecule has 1 fully saturated rings. The van der Waals surface area contributed by atoms with Gasteiger partial charge in [0.25, 0.3) is 5.91 Å². The van der Waals surface area contributed by atoms with Crippen molar-refractivity contribution < 1.29 is 4.79 Å². The molecule has 1 saturated carbocycles. The van der Waals surface area contributed by atoms with Gasteiger partial charge in [0.1, 0.15) is 0 Å². The molecule has 0 bridgehead atoms. The molecule has 1 aliphatic carbocycles. The van der Waals surface area contributed by atoms with Crippen molar-refractivity contribution in [2.45, 2.75) is 39.0 Å². The molecule has 0 radical (unpaired) electrons. The molecular weight excluding hydrogens is 224 g/mol. The first-order chi connectivity index (χ1) is 8.77. The van der Waals surface area contributed by atoms with Crippen LogP contribution in [0.2, 0.25) is 0 Å². The van der Waals surface area contributed by atoms with Gasteiger partial charge in [0, 0.05) is 11.3 Å². The zero-order valence-corrected chi connectivity index (χ0v) is 10.9. The van der Waals surface area contributed by atoms with Crippen LogP contribution in [0.25, 0.3) is 0 Å². The summed E-state index contributed by atoms with van der Waals surface area (Å²) in [5.41, 5.74) is 4.35. The lowest BCUT2D eigenvalue weighted by molar-refractivity contribution is 0.0954. The minimum atomic E-state index is -0.134. The lowest BCUT2D eigenvalue weighted by Gasteiger charge is -2.21. The molecule has 0 aliphatic heterocycles. The van der Waals surface area contributed by atoms with Gasteiger partial charge in [-0.25, -0.2) is 5.43 Å². The van der Waals surface area contributed by atoms with Crippen LogP contribution >= 0.6 is 0 Å². The van der Waals surface area contributed by atoms with Gasteiger partial charge in [0.15, 0.2) is 0 Å². The van der Waals surface area contributed by atoms with Crippen LogP contribution < -0.4 is 5.43 Å². The number of carbonyl (C=O) groups excluding carboxylic acids is 1. The van der Waals surface area contributed by atoms with Gasteiger partial charge in [0.05, 0.1) is 0 Å². The Kier molecular flexibility index (Phi) is 4.51. The van der Waals surface area contributed by atoms with E-state index in [-0.39, 0.29) is 5.91 Å². The fourth-order valence-electron chi connectivity index (χ4n) is 2.40. The summed E-state index contributed by atoms with van der Waals surface area (Å²) in [4.78, 5) is 11.8. The van der Waals surface area contributed by atoms with E-state index in [0.29, 0.717) is 11.5 Å². The van der Waals surface area contributed by atoms with Crippen molar-refractivity contribution in [3.8, 4) is 0 Å². The highest BCUT2D eigenvalue weighted by Gasteiger charge is 2.16. The summed E-state index contributed by atoms with van der Waals surface area (Å²) in [6.07, 6.45) is 6.31. The second-order valence-electron chi connectivity index (χ2n) is 4.90. The first-order valence-corrected chi connectivity index (χ1v) is 6.67. The van der Waals surface area contributed by atoms with Crippen molar-refractivity contribution in [3.05, 3.63) is 35.9 Å². The second-order valence-corrected chi connectivity index (χ2v) is 4.90. The SMILES string of the molecule is C/C(=N\NC(=O)c1ccccc1)C1CCCCC1. The van der Waals surface area contributed by atoms with Crippen molar-refractivity contribution in [1.82, 2.24) is 5.43 Å². The molecule has 0 saturated heterocycles. The van der Waals surface area contributed by atoms with Crippen molar-refractivity contribution >= 4 is 11.6 Å². The van der Waals surface area contributed by atoms with Gasteiger partial charge in [-0.1, -0.05) is 37.5 Å². The maximum Gasteiger partial charge on any atom is 0.271 e. The number of carbonyl (C=O) groups is 1. The molecule has 0 unspecified atom stereocenters. The molecule has 0 spiro atoms. The number of amides is 1. The fraction of sp³-hybridized carbons (Fsp3) is 0.467. The quantitative estimate of drug-likeness (QED) is 0.642. The van der Waals surface area contributed by atoms with Crippen LogP contribution in [0, 0.1) is 5.92 Å². The number of nitrogens with one attached hydrogen (secondary N) is 1. The average molecular weight is 244 g/mol. The molecule has 1 aromatic carbocycles. The molecule has 2 rings (SSSR count). The summed E-state index contributed by atoms with van der Waals surface area (Å²) in [5, 5.41) is 4.24. The van der Waals surface area contributed by atoms with Gasteiger partial charge in [0.2, 0.25) is 0 Å². The van der Waals surface area contributed by atoms with E-state index >= 15 is 0 Å². The van der Waals surface area contributed by atoms with Crippen LogP contribution in [-0.2, 0) is 0 Å². The lowest BCUT2D eigenvalue weighted by Crippen LogP contribution is -2.23. The molecule has 96 valence electrons. The Morgan fingerprint density at radius 2 is 1.83 bits per heavy atom. The predicted octanol–water partition coefficient (Wildman–Crippen LogP) is 3.37. The van der Waals surface area contributed by atoms with Crippen molar-refractivity contribution in [3.63, 3.8) is 0 Å². The third kappa shape index (κ3) is 3.42. The topological polar surface area (TPSA) is 41.5 Å². The first kappa shape index (κ1) is 12.8. The van der Waals surface area contributed by atoms with E-state index in [1.165, 1.54) is 32.1 Å². The van der Waals surface area contributed by atoms with Gasteiger partial charge >= 0.3 is 0 Å². The van der Waals surface area contributed by atoms with E-state index < -0.39 is 0 Å². The molecular formula is C15H20N2O. The standard InChI is InChI=1S/C15H20N2O/c1-12(13-8-4-2-5-9-13)16-17-15(18)14-10-6-3-7-11-14/h3,6-7,10-11,13H,2,4-5,8-9H2,1H3,(H,17,18)/b16-12+. The van der Waals surface area contributed by atoms with Crippen LogP contribution in [0.5, 0.6) is 0 Å². The third-order valence-electron chi connectivity index (χ3n) is 3.57. The molecule has 0 atom stereocenters. The smallest absolute Gasteiger partial charge is 0.267 e. The van der Waals surface area contributed by atoms with Gasteiger partial charge < -0.3 is 0 Å². The summed E-state index contributed by atoms with van der Waals surface area (Å²) >= 11 is 0. The maximum atomic E-state index is 11.8. The molecule has 1 aliphatic rings. The summed E-state index contributed by atoms with van der Waals surface area (Å²) < 4.78 is 0. The van der Waals surface area contributed by atoms with Crippen molar-refractivity contribution in [2.75, 3.05) is 0 Å². The average Bonchev–Trinajstić information content (AvgIpc) is 2.46. The van der Waals surface area contributed by atoms with Crippen LogP contribution in [-0.4, -0.2) is 11.6 Å².